The highest BCUT2D eigenvalue weighted by atomic mass is 16.5. The van der Waals surface area contributed by atoms with Gasteiger partial charge in [-0.2, -0.15) is 15.0 Å². The normalized spacial score (nSPS) is 15.0. The van der Waals surface area contributed by atoms with E-state index in [-0.39, 0.29) is 12.6 Å². The van der Waals surface area contributed by atoms with Crippen LogP contribution < -0.4 is 25.6 Å². The molecule has 1 aliphatic rings. The molecule has 1 aliphatic heterocycles. The van der Waals surface area contributed by atoms with Crippen LogP contribution in [-0.4, -0.2) is 106 Å². The second kappa shape index (κ2) is 10.8. The molecule has 11 heteroatoms. The monoisotopic (exact) mass is 382 g/mol. The Morgan fingerprint density at radius 2 is 1.93 bits per heavy atom. The maximum absolute atomic E-state index is 11.2. The van der Waals surface area contributed by atoms with E-state index in [1.807, 2.05) is 7.05 Å². The Morgan fingerprint density at radius 1 is 1.19 bits per heavy atom. The number of anilines is 2. The van der Waals surface area contributed by atoms with Crippen molar-refractivity contribution in [3.63, 3.8) is 0 Å². The average Bonchev–Trinajstić information content (AvgIpc) is 2.64. The van der Waals surface area contributed by atoms with Gasteiger partial charge in [0.25, 0.3) is 0 Å². The van der Waals surface area contributed by atoms with Crippen LogP contribution in [0.2, 0.25) is 0 Å². The minimum Gasteiger partial charge on any atom is -0.461 e. The summed E-state index contributed by atoms with van der Waals surface area (Å²) in [6.45, 7) is 5.63. The first-order valence-electron chi connectivity index (χ1n) is 9.03. The Balaban J connectivity index is 2.06. The molecule has 0 aliphatic carbocycles. The molecule has 0 bridgehead atoms. The fourth-order valence-electron chi connectivity index (χ4n) is 2.49. The molecule has 3 N–H and O–H groups in total. The van der Waals surface area contributed by atoms with E-state index in [1.54, 1.807) is 11.9 Å². The van der Waals surface area contributed by atoms with E-state index < -0.39 is 5.91 Å². The van der Waals surface area contributed by atoms with E-state index in [9.17, 15) is 4.79 Å². The number of hydrogen-bond acceptors (Lipinski definition) is 10. The van der Waals surface area contributed by atoms with E-state index in [0.717, 1.165) is 32.7 Å². The fraction of sp³-hybridized carbons (Fsp3) is 0.750. The number of nitrogens with one attached hydrogen (secondary N) is 1. The van der Waals surface area contributed by atoms with Crippen LogP contribution in [0.4, 0.5) is 11.9 Å². The van der Waals surface area contributed by atoms with Gasteiger partial charge in [0.15, 0.2) is 0 Å². The van der Waals surface area contributed by atoms with Gasteiger partial charge in [0.2, 0.25) is 17.8 Å². The summed E-state index contributed by atoms with van der Waals surface area (Å²) in [5.41, 5.74) is 5.28. The van der Waals surface area contributed by atoms with Crippen LogP contribution in [0, 0.1) is 0 Å². The molecule has 2 heterocycles. The lowest BCUT2D eigenvalue weighted by molar-refractivity contribution is -0.116. The summed E-state index contributed by atoms with van der Waals surface area (Å²) < 4.78 is 11.1. The van der Waals surface area contributed by atoms with Crippen LogP contribution in [0.25, 0.3) is 0 Å². The Morgan fingerprint density at radius 3 is 2.59 bits per heavy atom. The first kappa shape index (κ1) is 21.1. The van der Waals surface area contributed by atoms with E-state index in [1.165, 1.54) is 0 Å². The number of likely N-dealkylation sites (N-methyl/N-ethyl adjacent to an activating group) is 3. The molecule has 0 aromatic carbocycles. The highest BCUT2D eigenvalue weighted by Crippen LogP contribution is 2.18. The number of carbonyl (C=O) groups excluding carboxylic acids is 1. The lowest BCUT2D eigenvalue weighted by Gasteiger charge is -2.32. The van der Waals surface area contributed by atoms with Crippen molar-refractivity contribution >= 4 is 17.8 Å². The summed E-state index contributed by atoms with van der Waals surface area (Å²) in [5.74, 6) is 0.429. The maximum Gasteiger partial charge on any atom is 0.323 e. The van der Waals surface area contributed by atoms with E-state index in [0.29, 0.717) is 31.7 Å². The number of hydrogen-bond donors (Lipinski definition) is 2. The van der Waals surface area contributed by atoms with E-state index in [2.05, 4.69) is 37.1 Å². The SMILES string of the molecule is CNCCOCCOc1nc(N(C)CC(N)=O)nc(N2CCN(C)CC2)n1. The number of piperazine rings is 1. The van der Waals surface area contributed by atoms with Gasteiger partial charge in [-0.05, 0) is 14.1 Å². The van der Waals surface area contributed by atoms with Gasteiger partial charge in [0, 0.05) is 39.8 Å². The van der Waals surface area contributed by atoms with Crippen molar-refractivity contribution in [1.29, 1.82) is 0 Å². The van der Waals surface area contributed by atoms with Crippen molar-refractivity contribution in [2.75, 3.05) is 90.0 Å². The predicted molar refractivity (Wildman–Crippen MR) is 102 cm³/mol. The summed E-state index contributed by atoms with van der Waals surface area (Å²) in [7, 11) is 5.66. The van der Waals surface area contributed by atoms with Gasteiger partial charge in [-0.3, -0.25) is 4.79 Å². The molecule has 1 aromatic heterocycles. The zero-order valence-corrected chi connectivity index (χ0v) is 16.3. The van der Waals surface area contributed by atoms with Crippen LogP contribution in [0.5, 0.6) is 6.01 Å². The number of aromatic nitrogens is 3. The Labute approximate surface area is 159 Å². The molecule has 1 fully saturated rings. The summed E-state index contributed by atoms with van der Waals surface area (Å²) in [6, 6.07) is 0.211. The first-order chi connectivity index (χ1) is 13.0. The highest BCUT2D eigenvalue weighted by Gasteiger charge is 2.20. The van der Waals surface area contributed by atoms with Gasteiger partial charge in [0.05, 0.1) is 19.8 Å². The van der Waals surface area contributed by atoms with E-state index >= 15 is 0 Å². The lowest BCUT2D eigenvalue weighted by Crippen LogP contribution is -2.45. The standard InChI is InChI=1S/C16H30N8O3/c1-18-4-9-26-10-11-27-16-20-14(23(3)12-13(17)25)19-15(21-16)24-7-5-22(2)6-8-24/h18H,4-12H2,1-3H3,(H2,17,25). The second-order valence-corrected chi connectivity index (χ2v) is 6.40. The fourth-order valence-corrected chi connectivity index (χ4v) is 2.49. The highest BCUT2D eigenvalue weighted by molar-refractivity contribution is 5.78. The van der Waals surface area contributed by atoms with Crippen LogP contribution >= 0.6 is 0 Å². The Hall–Kier alpha value is -2.24. The number of nitrogens with zero attached hydrogens (tertiary/aromatic N) is 6. The van der Waals surface area contributed by atoms with E-state index in [4.69, 9.17) is 15.2 Å². The Bertz CT molecular complexity index is 595. The van der Waals surface area contributed by atoms with Crippen LogP contribution in [0.3, 0.4) is 0 Å². The molecule has 0 spiro atoms. The van der Waals surface area contributed by atoms with Gasteiger partial charge < -0.3 is 35.2 Å². The molecule has 0 saturated carbocycles. The third-order valence-corrected chi connectivity index (χ3v) is 4.07. The molecule has 11 nitrogen and oxygen atoms in total. The summed E-state index contributed by atoms with van der Waals surface area (Å²) in [5, 5.41) is 3.01. The van der Waals surface area contributed by atoms with Gasteiger partial charge in [-0.15, -0.1) is 0 Å². The third-order valence-electron chi connectivity index (χ3n) is 4.07. The van der Waals surface area contributed by atoms with Crippen molar-refractivity contribution in [3.05, 3.63) is 0 Å². The summed E-state index contributed by atoms with van der Waals surface area (Å²) >= 11 is 0. The third kappa shape index (κ3) is 7.12. The first-order valence-corrected chi connectivity index (χ1v) is 9.03. The van der Waals surface area contributed by atoms with Crippen molar-refractivity contribution in [2.45, 2.75) is 0 Å². The second-order valence-electron chi connectivity index (χ2n) is 6.40. The van der Waals surface area contributed by atoms with Crippen LogP contribution in [-0.2, 0) is 9.53 Å². The quantitative estimate of drug-likeness (QED) is 0.422. The molecule has 2 rings (SSSR count). The minimum atomic E-state index is -0.459. The number of ether oxygens (including phenoxy) is 2. The average molecular weight is 382 g/mol. The number of primary amides is 1. The summed E-state index contributed by atoms with van der Waals surface area (Å²) in [4.78, 5) is 30.4. The summed E-state index contributed by atoms with van der Waals surface area (Å²) in [6.07, 6.45) is 0. The molecule has 1 saturated heterocycles. The van der Waals surface area contributed by atoms with Gasteiger partial charge >= 0.3 is 6.01 Å². The van der Waals surface area contributed by atoms with Crippen molar-refractivity contribution in [1.82, 2.24) is 25.2 Å². The molecule has 0 unspecified atom stereocenters. The molecular weight excluding hydrogens is 352 g/mol. The van der Waals surface area contributed by atoms with Gasteiger partial charge in [0.1, 0.15) is 6.61 Å². The van der Waals surface area contributed by atoms with Crippen molar-refractivity contribution in [3.8, 4) is 6.01 Å². The van der Waals surface area contributed by atoms with Crippen LogP contribution in [0.1, 0.15) is 0 Å². The van der Waals surface area contributed by atoms with Gasteiger partial charge in [-0.1, -0.05) is 0 Å². The largest absolute Gasteiger partial charge is 0.461 e. The predicted octanol–water partition coefficient (Wildman–Crippen LogP) is -1.84. The molecule has 152 valence electrons. The van der Waals surface area contributed by atoms with Crippen molar-refractivity contribution < 1.29 is 14.3 Å². The number of rotatable bonds is 11. The molecule has 0 atom stereocenters. The topological polar surface area (TPSA) is 122 Å². The minimum absolute atomic E-state index is 0.0127. The maximum atomic E-state index is 11.2. The zero-order valence-electron chi connectivity index (χ0n) is 16.3. The molecule has 1 aromatic rings. The smallest absolute Gasteiger partial charge is 0.323 e. The molecular formula is C16H30N8O3. The molecule has 1 amide bonds. The lowest BCUT2D eigenvalue weighted by atomic mass is 10.3. The molecule has 0 radical (unpaired) electrons. The number of nitrogens with two attached hydrogens (primary N) is 1. The van der Waals surface area contributed by atoms with Crippen molar-refractivity contribution in [2.24, 2.45) is 5.73 Å². The molecule has 27 heavy (non-hydrogen) atoms. The number of carbonyl (C=O) groups is 1. The Kier molecular flexibility index (Phi) is 8.43. The number of amides is 1. The van der Waals surface area contributed by atoms with Gasteiger partial charge in [-0.25, -0.2) is 0 Å². The van der Waals surface area contributed by atoms with Crippen LogP contribution in [0.15, 0.2) is 0 Å². The zero-order chi connectivity index (χ0) is 19.6.